The molecule has 2 aliphatic rings. The van der Waals surface area contributed by atoms with Gasteiger partial charge in [0.15, 0.2) is 0 Å². The second-order valence-electron chi connectivity index (χ2n) is 12.4. The molecule has 0 fully saturated rings. The summed E-state index contributed by atoms with van der Waals surface area (Å²) >= 11 is 1.27. The molecule has 0 N–H and O–H groups in total. The Morgan fingerprint density at radius 1 is 0.690 bits per heavy atom. The van der Waals surface area contributed by atoms with Gasteiger partial charge in [-0.25, -0.2) is 12.2 Å². The van der Waals surface area contributed by atoms with E-state index in [2.05, 4.69) is 151 Å². The van der Waals surface area contributed by atoms with Crippen LogP contribution in [-0.2, 0) is 40.3 Å². The van der Waals surface area contributed by atoms with E-state index in [1.165, 1.54) is 66.8 Å². The quantitative estimate of drug-likeness (QED) is 0.124. The Hall–Kier alpha value is -1.97. The molecule has 0 unspecified atom stereocenters. The third-order valence-corrected chi connectivity index (χ3v) is 15.2. The molecule has 0 bridgehead atoms. The van der Waals surface area contributed by atoms with Crippen LogP contribution in [0.2, 0.25) is 0 Å². The maximum absolute atomic E-state index is 3.67. The van der Waals surface area contributed by atoms with Crippen molar-refractivity contribution in [3.8, 4) is 11.1 Å². The second kappa shape index (κ2) is 16.2. The Balaban J connectivity index is 0.000000253. The van der Waals surface area contributed by atoms with Gasteiger partial charge in [-0.2, -0.15) is 29.8 Å². The Morgan fingerprint density at radius 3 is 1.71 bits per heavy atom. The van der Waals surface area contributed by atoms with Crippen molar-refractivity contribution in [2.75, 3.05) is 0 Å². The third-order valence-electron chi connectivity index (χ3n) is 7.17. The standard InChI is InChI=1S/C21H25.C12H10Si.C5H5.2ClH.Hf/c1-20(2,3)16-7-9-18-14(12-16)11-15-13-17(21(4,5)6)8-10-19(15)18;1-3-7-11(8-4-1)13-12-9-5-2-6-10-12;1-2-4-5-3-1;;;/h7-10,12H,11H2,1-6H3;1-10H;1-3H,4H2;2*1H;/q-1;;-1;;;+2. The number of rotatable bonds is 2. The van der Waals surface area contributed by atoms with Crippen molar-refractivity contribution in [3.63, 3.8) is 0 Å². The topological polar surface area (TPSA) is 0 Å². The fourth-order valence-electron chi connectivity index (χ4n) is 4.74. The van der Waals surface area contributed by atoms with Crippen molar-refractivity contribution in [1.82, 2.24) is 0 Å². The predicted molar refractivity (Wildman–Crippen MR) is 185 cm³/mol. The Labute approximate surface area is 281 Å². The van der Waals surface area contributed by atoms with Gasteiger partial charge in [0.25, 0.3) is 0 Å². The summed E-state index contributed by atoms with van der Waals surface area (Å²) in [7, 11) is 0. The Bertz CT molecular complexity index is 1400. The Morgan fingerprint density at radius 2 is 1.26 bits per heavy atom. The van der Waals surface area contributed by atoms with E-state index in [9.17, 15) is 0 Å². The maximum atomic E-state index is 3.67. The van der Waals surface area contributed by atoms with Crippen LogP contribution in [0.25, 0.3) is 11.1 Å². The first kappa shape index (κ1) is 36.2. The normalized spacial score (nSPS) is 12.4. The first-order valence-corrected chi connectivity index (χ1v) is 21.0. The van der Waals surface area contributed by atoms with Crippen LogP contribution in [-0.4, -0.2) is 5.49 Å². The molecule has 0 aliphatic heterocycles. The molecule has 6 rings (SSSR count). The summed E-state index contributed by atoms with van der Waals surface area (Å²) in [5.74, 6) is 0. The van der Waals surface area contributed by atoms with E-state index in [-0.39, 0.29) is 35.6 Å². The van der Waals surface area contributed by atoms with Crippen molar-refractivity contribution in [2.45, 2.75) is 65.2 Å². The molecule has 216 valence electrons. The summed E-state index contributed by atoms with van der Waals surface area (Å²) < 4.78 is 0. The van der Waals surface area contributed by atoms with Crippen molar-refractivity contribution in [2.24, 2.45) is 0 Å². The average Bonchev–Trinajstić information content (AvgIpc) is 3.64. The van der Waals surface area contributed by atoms with Crippen molar-refractivity contribution in [3.05, 3.63) is 144 Å². The number of hydrogen-bond acceptors (Lipinski definition) is 0. The zero-order valence-corrected chi connectivity index (χ0v) is 31.8. The van der Waals surface area contributed by atoms with Gasteiger partial charge in [-0.05, 0) is 28.4 Å². The molecule has 0 atom stereocenters. The van der Waals surface area contributed by atoms with Gasteiger partial charge in [0, 0.05) is 0 Å². The molecule has 2 aliphatic carbocycles. The first-order valence-electron chi connectivity index (χ1n) is 14.1. The van der Waals surface area contributed by atoms with Crippen LogP contribution >= 0.6 is 24.8 Å². The fraction of sp³-hybridized carbons (Fsp3) is 0.263. The molecule has 0 saturated carbocycles. The summed E-state index contributed by atoms with van der Waals surface area (Å²) in [4.78, 5) is 0. The molecule has 4 aromatic rings. The molecular weight excluding hydrogens is 734 g/mol. The van der Waals surface area contributed by atoms with Crippen molar-refractivity contribution >= 4 is 40.7 Å². The van der Waals surface area contributed by atoms with Crippen LogP contribution < -0.4 is 10.4 Å². The average molecular weight is 776 g/mol. The summed E-state index contributed by atoms with van der Waals surface area (Å²) in [6.45, 7) is 13.6. The van der Waals surface area contributed by atoms with Gasteiger partial charge in [0.2, 0.25) is 0 Å². The number of hydrogen-bond donors (Lipinski definition) is 0. The predicted octanol–water partition coefficient (Wildman–Crippen LogP) is 9.14. The van der Waals surface area contributed by atoms with E-state index < -0.39 is 5.49 Å². The van der Waals surface area contributed by atoms with E-state index in [4.69, 9.17) is 0 Å². The van der Waals surface area contributed by atoms with Crippen LogP contribution in [0, 0.1) is 12.1 Å². The third kappa shape index (κ3) is 9.78. The van der Waals surface area contributed by atoms with Gasteiger partial charge in [-0.1, -0.05) is 65.3 Å². The Kier molecular flexibility index (Phi) is 14.0. The van der Waals surface area contributed by atoms with E-state index in [1.54, 1.807) is 0 Å². The molecule has 4 aromatic carbocycles. The minimum atomic E-state index is -0.406. The molecule has 4 heteroatoms. The zero-order chi connectivity index (χ0) is 28.8. The summed E-state index contributed by atoms with van der Waals surface area (Å²) in [5, 5.41) is 3.07. The summed E-state index contributed by atoms with van der Waals surface area (Å²) in [6.07, 6.45) is 11.0. The zero-order valence-electron chi connectivity index (χ0n) is 25.6. The van der Waals surface area contributed by atoms with Crippen LogP contribution in [0.15, 0.2) is 109 Å². The van der Waals surface area contributed by atoms with Gasteiger partial charge < -0.3 is 0 Å². The number of benzene rings is 4. The molecule has 0 nitrogen and oxygen atoms in total. The molecular formula is C38H42Cl2HfSi. The molecule has 0 amide bonds. The van der Waals surface area contributed by atoms with Gasteiger partial charge in [-0.15, -0.1) is 42.4 Å². The van der Waals surface area contributed by atoms with Crippen LogP contribution in [0.3, 0.4) is 0 Å². The molecule has 0 saturated heterocycles. The summed E-state index contributed by atoms with van der Waals surface area (Å²) in [6, 6.07) is 36.9. The monoisotopic (exact) mass is 776 g/mol. The second-order valence-corrected chi connectivity index (χ2v) is 19.7. The molecule has 0 aromatic heterocycles. The van der Waals surface area contributed by atoms with E-state index >= 15 is 0 Å². The molecule has 42 heavy (non-hydrogen) atoms. The van der Waals surface area contributed by atoms with Gasteiger partial charge in [-0.3, -0.25) is 6.08 Å². The van der Waals surface area contributed by atoms with E-state index in [1.807, 2.05) is 12.2 Å². The molecule has 0 radical (unpaired) electrons. The van der Waals surface area contributed by atoms with Crippen molar-refractivity contribution < 1.29 is 23.0 Å². The van der Waals surface area contributed by atoms with Crippen LogP contribution in [0.4, 0.5) is 0 Å². The SMILES string of the molecule is CC(C)(C)c1[c-]c2c(cc1)-c1ccc(C(C)(C)C)cc1C2.Cl.Cl.[C-]1=CC=CC1.[Hf+2]=[Si](c1ccccc1)c1ccccc1. The number of allylic oxidation sites excluding steroid dienone is 4. The number of halogens is 2. The molecule has 0 spiro atoms. The van der Waals surface area contributed by atoms with Gasteiger partial charge >= 0.3 is 99.5 Å². The van der Waals surface area contributed by atoms with Crippen LogP contribution in [0.5, 0.6) is 0 Å². The van der Waals surface area contributed by atoms with Crippen LogP contribution in [0.1, 0.15) is 70.2 Å². The van der Waals surface area contributed by atoms with Gasteiger partial charge in [0.05, 0.1) is 0 Å². The summed E-state index contributed by atoms with van der Waals surface area (Å²) in [5.41, 5.74) is 8.30. The minimum absolute atomic E-state index is 0. The first-order chi connectivity index (χ1) is 19.0. The number of fused-ring (bicyclic) bond motifs is 3. The van der Waals surface area contributed by atoms with E-state index in [0.717, 1.165) is 12.8 Å². The van der Waals surface area contributed by atoms with Gasteiger partial charge in [0.1, 0.15) is 0 Å². The molecule has 0 heterocycles. The van der Waals surface area contributed by atoms with E-state index in [0.29, 0.717) is 0 Å². The fourth-order valence-corrected chi connectivity index (χ4v) is 9.72. The van der Waals surface area contributed by atoms with Crippen molar-refractivity contribution in [1.29, 1.82) is 0 Å².